The first kappa shape index (κ1) is 18.0. The summed E-state index contributed by atoms with van der Waals surface area (Å²) >= 11 is 2.78. The van der Waals surface area contributed by atoms with Crippen LogP contribution in [0.2, 0.25) is 0 Å². The van der Waals surface area contributed by atoms with Crippen LogP contribution in [0.1, 0.15) is 25.7 Å². The summed E-state index contributed by atoms with van der Waals surface area (Å²) in [4.78, 5) is 37.4. The Labute approximate surface area is 158 Å². The van der Waals surface area contributed by atoms with Crippen molar-refractivity contribution in [2.24, 2.45) is 0 Å². The number of hydrogen-bond donors (Lipinski definition) is 2. The van der Waals surface area contributed by atoms with Gasteiger partial charge in [-0.1, -0.05) is 30.3 Å². The molecular weight excluding hydrogens is 368 g/mol. The number of benzene rings is 1. The lowest BCUT2D eigenvalue weighted by Gasteiger charge is -2.05. The third-order valence-electron chi connectivity index (χ3n) is 3.59. The highest BCUT2D eigenvalue weighted by Gasteiger charge is 2.15. The third-order valence-corrected chi connectivity index (χ3v) is 5.36. The summed E-state index contributed by atoms with van der Waals surface area (Å²) in [5, 5.41) is 8.81. The monoisotopic (exact) mass is 384 g/mol. The first-order chi connectivity index (χ1) is 12.6. The maximum absolute atomic E-state index is 12.3. The Kier molecular flexibility index (Phi) is 5.93. The van der Waals surface area contributed by atoms with Gasteiger partial charge in [0, 0.05) is 22.4 Å². The molecule has 0 aliphatic heterocycles. The summed E-state index contributed by atoms with van der Waals surface area (Å²) in [5.41, 5.74) is 1.58. The molecule has 7 heteroatoms. The maximum atomic E-state index is 12.3. The molecule has 5 nitrogen and oxygen atoms in total. The number of rotatable bonds is 6. The topological polar surface area (TPSA) is 75.3 Å². The fraction of sp³-hybridized carbons (Fsp3) is 0.105. The van der Waals surface area contributed by atoms with Gasteiger partial charge in [-0.2, -0.15) is 11.3 Å². The standard InChI is InChI=1S/C19H16N2O3S2/c22-17(14-8-9-25-12-14)16-7-6-15(26-16)11-21-19(24)18(23)20-10-13-4-2-1-3-5-13/h1-9,12H,10-11H2,(H,20,23)(H,21,24). The van der Waals surface area contributed by atoms with Crippen molar-refractivity contribution >= 4 is 40.3 Å². The van der Waals surface area contributed by atoms with E-state index in [1.165, 1.54) is 22.7 Å². The molecule has 26 heavy (non-hydrogen) atoms. The zero-order valence-corrected chi connectivity index (χ0v) is 15.4. The quantitative estimate of drug-likeness (QED) is 0.507. The van der Waals surface area contributed by atoms with E-state index in [1.54, 1.807) is 23.6 Å². The lowest BCUT2D eigenvalue weighted by Crippen LogP contribution is -2.39. The summed E-state index contributed by atoms with van der Waals surface area (Å²) < 4.78 is 0. The number of carbonyl (C=O) groups excluding carboxylic acids is 3. The highest BCUT2D eigenvalue weighted by Crippen LogP contribution is 2.21. The van der Waals surface area contributed by atoms with Crippen LogP contribution in [0, 0.1) is 0 Å². The van der Waals surface area contributed by atoms with E-state index >= 15 is 0 Å². The van der Waals surface area contributed by atoms with Crippen LogP contribution >= 0.6 is 22.7 Å². The molecular formula is C19H16N2O3S2. The van der Waals surface area contributed by atoms with E-state index in [4.69, 9.17) is 0 Å². The van der Waals surface area contributed by atoms with Crippen molar-refractivity contribution in [1.29, 1.82) is 0 Å². The van der Waals surface area contributed by atoms with E-state index in [0.717, 1.165) is 10.4 Å². The van der Waals surface area contributed by atoms with Crippen LogP contribution in [0.25, 0.3) is 0 Å². The van der Waals surface area contributed by atoms with E-state index in [9.17, 15) is 14.4 Å². The average Bonchev–Trinajstić information content (AvgIpc) is 3.36. The highest BCUT2D eigenvalue weighted by molar-refractivity contribution is 7.14. The van der Waals surface area contributed by atoms with Crippen LogP contribution in [0.3, 0.4) is 0 Å². The molecule has 2 aromatic heterocycles. The smallest absolute Gasteiger partial charge is 0.309 e. The Morgan fingerprint density at radius 3 is 2.27 bits per heavy atom. The largest absolute Gasteiger partial charge is 0.344 e. The molecule has 3 aromatic rings. The third kappa shape index (κ3) is 4.65. The minimum Gasteiger partial charge on any atom is -0.344 e. The van der Waals surface area contributed by atoms with E-state index in [1.807, 2.05) is 35.7 Å². The Morgan fingerprint density at radius 1 is 0.846 bits per heavy atom. The number of hydrogen-bond acceptors (Lipinski definition) is 5. The van der Waals surface area contributed by atoms with Crippen LogP contribution in [-0.4, -0.2) is 17.6 Å². The Morgan fingerprint density at radius 2 is 1.58 bits per heavy atom. The molecule has 0 spiro atoms. The SMILES string of the molecule is O=C(NCc1ccccc1)C(=O)NCc1ccc(C(=O)c2ccsc2)s1. The summed E-state index contributed by atoms with van der Waals surface area (Å²) in [5.74, 6) is -1.41. The second-order valence-corrected chi connectivity index (χ2v) is 7.41. The minimum atomic E-state index is -0.694. The van der Waals surface area contributed by atoms with Crippen molar-refractivity contribution in [3.63, 3.8) is 0 Å². The molecule has 0 unspecified atom stereocenters. The first-order valence-corrected chi connectivity index (χ1v) is 9.65. The number of ketones is 1. The molecule has 0 atom stereocenters. The van der Waals surface area contributed by atoms with Crippen molar-refractivity contribution in [3.8, 4) is 0 Å². The van der Waals surface area contributed by atoms with E-state index in [2.05, 4.69) is 10.6 Å². The molecule has 1 aromatic carbocycles. The molecule has 2 N–H and O–H groups in total. The second kappa shape index (κ2) is 8.55. The lowest BCUT2D eigenvalue weighted by molar-refractivity contribution is -0.139. The van der Waals surface area contributed by atoms with Crippen molar-refractivity contribution in [2.45, 2.75) is 13.1 Å². The predicted molar refractivity (Wildman–Crippen MR) is 102 cm³/mol. The van der Waals surface area contributed by atoms with Crippen molar-refractivity contribution in [2.75, 3.05) is 0 Å². The van der Waals surface area contributed by atoms with Gasteiger partial charge in [0.15, 0.2) is 0 Å². The minimum absolute atomic E-state index is 0.0329. The van der Waals surface area contributed by atoms with E-state index in [0.29, 0.717) is 17.0 Å². The predicted octanol–water partition coefficient (Wildman–Crippen LogP) is 2.97. The van der Waals surface area contributed by atoms with Crippen LogP contribution < -0.4 is 10.6 Å². The van der Waals surface area contributed by atoms with Gasteiger partial charge in [0.2, 0.25) is 5.78 Å². The molecule has 0 bridgehead atoms. The van der Waals surface area contributed by atoms with Crippen LogP contribution in [-0.2, 0) is 22.7 Å². The van der Waals surface area contributed by atoms with Gasteiger partial charge in [-0.3, -0.25) is 14.4 Å². The summed E-state index contributed by atoms with van der Waals surface area (Å²) in [6.07, 6.45) is 0. The van der Waals surface area contributed by atoms with Gasteiger partial charge in [-0.05, 0) is 29.1 Å². The van der Waals surface area contributed by atoms with Crippen molar-refractivity contribution in [1.82, 2.24) is 10.6 Å². The van der Waals surface area contributed by atoms with Gasteiger partial charge < -0.3 is 10.6 Å². The normalized spacial score (nSPS) is 10.3. The molecule has 0 aliphatic rings. The second-order valence-electron chi connectivity index (χ2n) is 5.46. The fourth-order valence-corrected chi connectivity index (χ4v) is 3.78. The van der Waals surface area contributed by atoms with Crippen molar-refractivity contribution in [3.05, 3.63) is 80.2 Å². The average molecular weight is 384 g/mol. The number of nitrogens with one attached hydrogen (secondary N) is 2. The van der Waals surface area contributed by atoms with Gasteiger partial charge in [0.1, 0.15) is 0 Å². The van der Waals surface area contributed by atoms with E-state index in [-0.39, 0.29) is 12.3 Å². The Bertz CT molecular complexity index is 902. The zero-order chi connectivity index (χ0) is 18.4. The molecule has 0 saturated carbocycles. The molecule has 132 valence electrons. The number of amides is 2. The van der Waals surface area contributed by atoms with Gasteiger partial charge in [0.05, 0.1) is 11.4 Å². The van der Waals surface area contributed by atoms with Gasteiger partial charge in [-0.15, -0.1) is 11.3 Å². The zero-order valence-electron chi connectivity index (χ0n) is 13.7. The molecule has 0 radical (unpaired) electrons. The Balaban J connectivity index is 1.48. The van der Waals surface area contributed by atoms with Crippen molar-refractivity contribution < 1.29 is 14.4 Å². The fourth-order valence-electron chi connectivity index (χ4n) is 2.24. The first-order valence-electron chi connectivity index (χ1n) is 7.89. The molecule has 2 amide bonds. The van der Waals surface area contributed by atoms with Gasteiger partial charge >= 0.3 is 11.8 Å². The highest BCUT2D eigenvalue weighted by atomic mass is 32.1. The van der Waals surface area contributed by atoms with Gasteiger partial charge in [0.25, 0.3) is 0 Å². The number of thiophene rings is 2. The van der Waals surface area contributed by atoms with Crippen LogP contribution in [0.4, 0.5) is 0 Å². The summed E-state index contributed by atoms with van der Waals surface area (Å²) in [6, 6.07) is 14.7. The lowest BCUT2D eigenvalue weighted by atomic mass is 10.2. The van der Waals surface area contributed by atoms with Crippen LogP contribution in [0.5, 0.6) is 0 Å². The molecule has 0 aliphatic carbocycles. The molecule has 3 rings (SSSR count). The summed E-state index contributed by atoms with van der Waals surface area (Å²) in [7, 11) is 0. The van der Waals surface area contributed by atoms with Crippen LogP contribution in [0.15, 0.2) is 59.3 Å². The van der Waals surface area contributed by atoms with E-state index < -0.39 is 11.8 Å². The molecule has 0 fully saturated rings. The number of carbonyl (C=O) groups is 3. The maximum Gasteiger partial charge on any atom is 0.309 e. The van der Waals surface area contributed by atoms with Gasteiger partial charge in [-0.25, -0.2) is 0 Å². The molecule has 2 heterocycles. The molecule has 0 saturated heterocycles. The Hall–Kier alpha value is -2.77. The summed E-state index contributed by atoms with van der Waals surface area (Å²) in [6.45, 7) is 0.505.